The minimum absolute atomic E-state index is 0.206. The van der Waals surface area contributed by atoms with Crippen LogP contribution in [0.15, 0.2) is 12.1 Å². The molecule has 1 aromatic carbocycles. The maximum Gasteiger partial charge on any atom is 0.586 e. The zero-order valence-corrected chi connectivity index (χ0v) is 7.16. The molecule has 0 amide bonds. The molecule has 0 atom stereocenters. The van der Waals surface area contributed by atoms with Gasteiger partial charge in [0.2, 0.25) is 0 Å². The molecule has 0 radical (unpaired) electrons. The first-order valence-corrected chi connectivity index (χ1v) is 3.82. The van der Waals surface area contributed by atoms with Crippen molar-refractivity contribution in [2.45, 2.75) is 6.29 Å². The van der Waals surface area contributed by atoms with Crippen molar-refractivity contribution in [3.05, 3.63) is 17.7 Å². The van der Waals surface area contributed by atoms with Crippen molar-refractivity contribution in [2.75, 3.05) is 5.73 Å². The topological polar surface area (TPSA) is 81.8 Å². The molecule has 0 unspecified atom stereocenters. The lowest BCUT2D eigenvalue weighted by atomic mass is 10.2. The summed E-state index contributed by atoms with van der Waals surface area (Å²) in [6.45, 7) is 0. The summed E-state index contributed by atoms with van der Waals surface area (Å²) < 4.78 is 33.4. The standard InChI is InChI=1S/C8H5F2NO4/c9-8(10)14-5-2-3(7(12)13)1-4(11)6(5)15-8/h1-2H,11H2,(H,12,13). The summed E-state index contributed by atoms with van der Waals surface area (Å²) in [6.07, 6.45) is -3.80. The molecule has 0 bridgehead atoms. The van der Waals surface area contributed by atoms with Crippen molar-refractivity contribution in [2.24, 2.45) is 0 Å². The van der Waals surface area contributed by atoms with Gasteiger partial charge in [-0.15, -0.1) is 8.78 Å². The first-order chi connectivity index (χ1) is 6.89. The van der Waals surface area contributed by atoms with Crippen LogP contribution >= 0.6 is 0 Å². The molecule has 1 heterocycles. The molecule has 0 saturated heterocycles. The first kappa shape index (κ1) is 9.50. The normalized spacial score (nSPS) is 16.4. The second-order valence-electron chi connectivity index (χ2n) is 2.87. The fourth-order valence-electron chi connectivity index (χ4n) is 1.20. The second kappa shape index (κ2) is 2.72. The molecule has 5 nitrogen and oxygen atoms in total. The number of aromatic carboxylic acids is 1. The van der Waals surface area contributed by atoms with Gasteiger partial charge < -0.3 is 20.3 Å². The molecule has 7 heteroatoms. The van der Waals surface area contributed by atoms with Gasteiger partial charge in [0, 0.05) is 0 Å². The molecule has 2 rings (SSSR count). The SMILES string of the molecule is Nc1cc(C(=O)O)cc2c1OC(F)(F)O2. The number of halogens is 2. The largest absolute Gasteiger partial charge is 0.586 e. The molecule has 3 N–H and O–H groups in total. The maximum absolute atomic E-state index is 12.6. The lowest BCUT2D eigenvalue weighted by Gasteiger charge is -2.04. The number of rotatable bonds is 1. The van der Waals surface area contributed by atoms with Crippen molar-refractivity contribution < 1.29 is 28.2 Å². The zero-order chi connectivity index (χ0) is 11.2. The number of carbonyl (C=O) groups is 1. The fourth-order valence-corrected chi connectivity index (χ4v) is 1.20. The number of carboxylic acid groups (broad SMARTS) is 1. The van der Waals surface area contributed by atoms with Crippen LogP contribution < -0.4 is 15.2 Å². The van der Waals surface area contributed by atoms with E-state index in [2.05, 4.69) is 9.47 Å². The highest BCUT2D eigenvalue weighted by molar-refractivity contribution is 5.90. The van der Waals surface area contributed by atoms with Gasteiger partial charge in [0.05, 0.1) is 11.3 Å². The zero-order valence-electron chi connectivity index (χ0n) is 7.16. The molecule has 0 aromatic heterocycles. The highest BCUT2D eigenvalue weighted by atomic mass is 19.3. The molecule has 0 fully saturated rings. The molecule has 1 aliphatic rings. The van der Waals surface area contributed by atoms with E-state index >= 15 is 0 Å². The lowest BCUT2D eigenvalue weighted by molar-refractivity contribution is -0.286. The number of nitrogen functional groups attached to an aromatic ring is 1. The van der Waals surface area contributed by atoms with Gasteiger partial charge in [-0.05, 0) is 12.1 Å². The second-order valence-corrected chi connectivity index (χ2v) is 2.87. The van der Waals surface area contributed by atoms with Crippen LogP contribution in [0.2, 0.25) is 0 Å². The van der Waals surface area contributed by atoms with Crippen molar-refractivity contribution in [1.29, 1.82) is 0 Å². The van der Waals surface area contributed by atoms with E-state index in [4.69, 9.17) is 10.8 Å². The Hall–Kier alpha value is -2.05. The number of ether oxygens (including phenoxy) is 2. The molecule has 1 aliphatic heterocycles. The minimum atomic E-state index is -3.80. The third kappa shape index (κ3) is 1.51. The van der Waals surface area contributed by atoms with Gasteiger partial charge in [-0.3, -0.25) is 0 Å². The monoisotopic (exact) mass is 217 g/mol. The summed E-state index contributed by atoms with van der Waals surface area (Å²) in [7, 11) is 0. The third-order valence-electron chi connectivity index (χ3n) is 1.78. The highest BCUT2D eigenvalue weighted by Gasteiger charge is 2.44. The number of carboxylic acids is 1. The van der Waals surface area contributed by atoms with Gasteiger partial charge in [-0.25, -0.2) is 4.79 Å². The van der Waals surface area contributed by atoms with Gasteiger partial charge in [-0.2, -0.15) is 0 Å². The first-order valence-electron chi connectivity index (χ1n) is 3.82. The van der Waals surface area contributed by atoms with Crippen LogP contribution in [-0.2, 0) is 0 Å². The summed E-state index contributed by atoms with van der Waals surface area (Å²) in [4.78, 5) is 10.6. The van der Waals surface area contributed by atoms with Gasteiger partial charge in [-0.1, -0.05) is 0 Å². The maximum atomic E-state index is 12.6. The van der Waals surface area contributed by atoms with E-state index < -0.39 is 12.3 Å². The molecule has 1 aromatic rings. The van der Waals surface area contributed by atoms with E-state index in [1.165, 1.54) is 0 Å². The van der Waals surface area contributed by atoms with E-state index in [0.717, 1.165) is 12.1 Å². The van der Waals surface area contributed by atoms with Gasteiger partial charge >= 0.3 is 12.3 Å². The predicted octanol–water partition coefficient (Wildman–Crippen LogP) is 1.29. The number of fused-ring (bicyclic) bond motifs is 1. The Morgan fingerprint density at radius 1 is 1.40 bits per heavy atom. The summed E-state index contributed by atoms with van der Waals surface area (Å²) in [5.74, 6) is -2.01. The van der Waals surface area contributed by atoms with E-state index in [0.29, 0.717) is 0 Å². The quantitative estimate of drug-likeness (QED) is 0.692. The molecule has 0 spiro atoms. The van der Waals surface area contributed by atoms with Crippen LogP contribution in [0.3, 0.4) is 0 Å². The van der Waals surface area contributed by atoms with E-state index in [1.807, 2.05) is 0 Å². The van der Waals surface area contributed by atoms with Crippen LogP contribution in [0, 0.1) is 0 Å². The van der Waals surface area contributed by atoms with Crippen molar-refractivity contribution in [3.63, 3.8) is 0 Å². The van der Waals surface area contributed by atoms with Crippen LogP contribution in [0.4, 0.5) is 14.5 Å². The average molecular weight is 217 g/mol. The Bertz CT molecular complexity index is 447. The number of benzene rings is 1. The Labute approximate surface area is 82.0 Å². The van der Waals surface area contributed by atoms with Crippen LogP contribution in [0.5, 0.6) is 11.5 Å². The van der Waals surface area contributed by atoms with Crippen LogP contribution in [0.1, 0.15) is 10.4 Å². The van der Waals surface area contributed by atoms with Crippen molar-refractivity contribution >= 4 is 11.7 Å². The molecule has 0 saturated carbocycles. The van der Waals surface area contributed by atoms with E-state index in [9.17, 15) is 13.6 Å². The Kier molecular flexibility index (Phi) is 1.72. The number of anilines is 1. The Morgan fingerprint density at radius 2 is 2.07 bits per heavy atom. The van der Waals surface area contributed by atoms with Crippen molar-refractivity contribution in [1.82, 2.24) is 0 Å². The lowest BCUT2D eigenvalue weighted by Crippen LogP contribution is -2.26. The number of hydrogen-bond donors (Lipinski definition) is 2. The summed E-state index contributed by atoms with van der Waals surface area (Å²) in [5.41, 5.74) is 4.88. The van der Waals surface area contributed by atoms with Crippen LogP contribution in [-0.4, -0.2) is 17.4 Å². The summed E-state index contributed by atoms with van der Waals surface area (Å²) >= 11 is 0. The summed E-state index contributed by atoms with van der Waals surface area (Å²) in [5, 5.41) is 8.63. The van der Waals surface area contributed by atoms with Crippen molar-refractivity contribution in [3.8, 4) is 11.5 Å². The average Bonchev–Trinajstić information content (AvgIpc) is 2.39. The minimum Gasteiger partial charge on any atom is -0.478 e. The van der Waals surface area contributed by atoms with Crippen LogP contribution in [0.25, 0.3) is 0 Å². The van der Waals surface area contributed by atoms with E-state index in [1.54, 1.807) is 0 Å². The summed E-state index contributed by atoms with van der Waals surface area (Å²) in [6, 6.07) is 1.95. The molecular formula is C8H5F2NO4. The fraction of sp³-hybridized carbons (Fsp3) is 0.125. The van der Waals surface area contributed by atoms with Gasteiger partial charge in [0.25, 0.3) is 0 Å². The molecule has 80 valence electrons. The van der Waals surface area contributed by atoms with Gasteiger partial charge in [0.1, 0.15) is 0 Å². The smallest absolute Gasteiger partial charge is 0.478 e. The molecule has 0 aliphatic carbocycles. The van der Waals surface area contributed by atoms with E-state index in [-0.39, 0.29) is 22.7 Å². The molecule has 15 heavy (non-hydrogen) atoms. The Balaban J connectivity index is 2.51. The van der Waals surface area contributed by atoms with Gasteiger partial charge in [0.15, 0.2) is 11.5 Å². The highest BCUT2D eigenvalue weighted by Crippen LogP contribution is 2.45. The predicted molar refractivity (Wildman–Crippen MR) is 44.0 cm³/mol. The third-order valence-corrected chi connectivity index (χ3v) is 1.78. The number of hydrogen-bond acceptors (Lipinski definition) is 4. The molecular weight excluding hydrogens is 212 g/mol. The number of nitrogens with two attached hydrogens (primary N) is 1. The number of alkyl halides is 2. The Morgan fingerprint density at radius 3 is 2.67 bits per heavy atom.